The van der Waals surface area contributed by atoms with Crippen molar-refractivity contribution in [2.45, 2.75) is 33.2 Å². The van der Waals surface area contributed by atoms with Gasteiger partial charge in [0, 0.05) is 44.5 Å². The topological polar surface area (TPSA) is 117 Å². The summed E-state index contributed by atoms with van der Waals surface area (Å²) in [4.78, 5) is 28.2. The van der Waals surface area contributed by atoms with E-state index in [9.17, 15) is 18.0 Å². The van der Waals surface area contributed by atoms with Gasteiger partial charge in [0.05, 0.1) is 41.2 Å². The lowest BCUT2D eigenvalue weighted by Gasteiger charge is -2.36. The van der Waals surface area contributed by atoms with Crippen LogP contribution in [0.2, 0.25) is 0 Å². The van der Waals surface area contributed by atoms with Crippen LogP contribution in [0.4, 0.5) is 17.1 Å². The molecule has 2 N–H and O–H groups in total. The van der Waals surface area contributed by atoms with Gasteiger partial charge in [0.2, 0.25) is 11.8 Å². The van der Waals surface area contributed by atoms with Crippen LogP contribution >= 0.6 is 0 Å². The average molecular weight is 489 g/mol. The SMILES string of the molecule is CC(=O)Nc1cccc(NC(=O)CN2CCN(c3c(C)nn(C4CCS(=O)(=O)C4)c3C)CC2)c1. The first-order chi connectivity index (χ1) is 16.1. The van der Waals surface area contributed by atoms with Crippen LogP contribution in [0.5, 0.6) is 0 Å². The van der Waals surface area contributed by atoms with E-state index in [1.54, 1.807) is 24.3 Å². The van der Waals surface area contributed by atoms with E-state index in [-0.39, 0.29) is 35.9 Å². The normalized spacial score (nSPS) is 20.3. The number of carbonyl (C=O) groups excluding carboxylic acids is 2. The zero-order chi connectivity index (χ0) is 24.5. The molecule has 0 spiro atoms. The van der Waals surface area contributed by atoms with Crippen molar-refractivity contribution in [3.63, 3.8) is 0 Å². The number of hydrogen-bond donors (Lipinski definition) is 2. The smallest absolute Gasteiger partial charge is 0.238 e. The van der Waals surface area contributed by atoms with E-state index < -0.39 is 9.84 Å². The van der Waals surface area contributed by atoms with Crippen molar-refractivity contribution in [1.29, 1.82) is 0 Å². The monoisotopic (exact) mass is 488 g/mol. The lowest BCUT2D eigenvalue weighted by Crippen LogP contribution is -2.49. The number of anilines is 3. The van der Waals surface area contributed by atoms with Crippen molar-refractivity contribution in [2.24, 2.45) is 0 Å². The minimum atomic E-state index is -2.98. The van der Waals surface area contributed by atoms with E-state index in [4.69, 9.17) is 0 Å². The minimum Gasteiger partial charge on any atom is -0.366 e. The molecular weight excluding hydrogens is 456 g/mol. The maximum atomic E-state index is 12.6. The summed E-state index contributed by atoms with van der Waals surface area (Å²) in [7, 11) is -2.98. The van der Waals surface area contributed by atoms with Crippen molar-refractivity contribution < 1.29 is 18.0 Å². The van der Waals surface area contributed by atoms with Crippen LogP contribution in [0.1, 0.15) is 30.8 Å². The number of carbonyl (C=O) groups is 2. The summed E-state index contributed by atoms with van der Waals surface area (Å²) in [5, 5.41) is 10.3. The molecule has 0 saturated carbocycles. The van der Waals surface area contributed by atoms with Gasteiger partial charge in [-0.15, -0.1) is 0 Å². The minimum absolute atomic E-state index is 0.0911. The summed E-state index contributed by atoms with van der Waals surface area (Å²) in [6, 6.07) is 6.99. The van der Waals surface area contributed by atoms with Gasteiger partial charge in [0.25, 0.3) is 0 Å². The van der Waals surface area contributed by atoms with E-state index >= 15 is 0 Å². The first-order valence-electron chi connectivity index (χ1n) is 11.5. The first kappa shape index (κ1) is 24.2. The zero-order valence-electron chi connectivity index (χ0n) is 19.9. The van der Waals surface area contributed by atoms with E-state index in [1.807, 2.05) is 18.5 Å². The number of nitrogens with zero attached hydrogens (tertiary/aromatic N) is 4. The lowest BCUT2D eigenvalue weighted by molar-refractivity contribution is -0.117. The predicted octanol–water partition coefficient (Wildman–Crippen LogP) is 1.58. The molecule has 4 rings (SSSR count). The number of benzene rings is 1. The number of sulfone groups is 1. The molecule has 2 aromatic rings. The second-order valence-corrected chi connectivity index (χ2v) is 11.3. The predicted molar refractivity (Wildman–Crippen MR) is 132 cm³/mol. The number of rotatable bonds is 6. The van der Waals surface area contributed by atoms with Crippen molar-refractivity contribution in [3.8, 4) is 0 Å². The Morgan fingerprint density at radius 3 is 2.38 bits per heavy atom. The summed E-state index contributed by atoms with van der Waals surface area (Å²) in [6.45, 7) is 8.71. The molecule has 0 bridgehead atoms. The maximum Gasteiger partial charge on any atom is 0.238 e. The summed E-state index contributed by atoms with van der Waals surface area (Å²) < 4.78 is 25.7. The summed E-state index contributed by atoms with van der Waals surface area (Å²) in [6.07, 6.45) is 0.611. The molecule has 0 aliphatic carbocycles. The van der Waals surface area contributed by atoms with Gasteiger partial charge in [0.1, 0.15) is 0 Å². The third-order valence-electron chi connectivity index (χ3n) is 6.36. The Morgan fingerprint density at radius 2 is 1.76 bits per heavy atom. The number of aromatic nitrogens is 2. The Bertz CT molecular complexity index is 1180. The summed E-state index contributed by atoms with van der Waals surface area (Å²) in [5.74, 6) is 0.121. The Morgan fingerprint density at radius 1 is 1.09 bits per heavy atom. The van der Waals surface area contributed by atoms with Crippen LogP contribution in [0, 0.1) is 13.8 Å². The van der Waals surface area contributed by atoms with Gasteiger partial charge in [-0.3, -0.25) is 19.2 Å². The highest BCUT2D eigenvalue weighted by atomic mass is 32.2. The molecule has 1 atom stereocenters. The fourth-order valence-corrected chi connectivity index (χ4v) is 6.54. The van der Waals surface area contributed by atoms with Crippen LogP contribution in [-0.2, 0) is 19.4 Å². The molecule has 3 heterocycles. The molecule has 2 fully saturated rings. The highest BCUT2D eigenvalue weighted by Crippen LogP contribution is 2.31. The Kier molecular flexibility index (Phi) is 6.94. The largest absolute Gasteiger partial charge is 0.366 e. The molecule has 11 heteroatoms. The molecule has 2 aliphatic rings. The molecule has 10 nitrogen and oxygen atoms in total. The Balaban J connectivity index is 1.32. The lowest BCUT2D eigenvalue weighted by atomic mass is 10.2. The van der Waals surface area contributed by atoms with Crippen molar-refractivity contribution in [2.75, 3.05) is 59.8 Å². The summed E-state index contributed by atoms with van der Waals surface area (Å²) in [5.41, 5.74) is 4.27. The average Bonchev–Trinajstić information content (AvgIpc) is 3.26. The van der Waals surface area contributed by atoms with Crippen molar-refractivity contribution in [3.05, 3.63) is 35.7 Å². The van der Waals surface area contributed by atoms with Crippen molar-refractivity contribution in [1.82, 2.24) is 14.7 Å². The van der Waals surface area contributed by atoms with Gasteiger partial charge in [0.15, 0.2) is 9.84 Å². The quantitative estimate of drug-likeness (QED) is 0.634. The molecule has 2 saturated heterocycles. The zero-order valence-corrected chi connectivity index (χ0v) is 20.7. The van der Waals surface area contributed by atoms with E-state index in [2.05, 4.69) is 25.5 Å². The van der Waals surface area contributed by atoms with Gasteiger partial charge in [-0.1, -0.05) is 6.07 Å². The van der Waals surface area contributed by atoms with Crippen LogP contribution in [-0.4, -0.2) is 79.1 Å². The van der Waals surface area contributed by atoms with Gasteiger partial charge >= 0.3 is 0 Å². The highest BCUT2D eigenvalue weighted by Gasteiger charge is 2.32. The van der Waals surface area contributed by atoms with Gasteiger partial charge in [-0.05, 0) is 38.5 Å². The molecule has 1 aromatic carbocycles. The number of hydrogen-bond acceptors (Lipinski definition) is 7. The number of aryl methyl sites for hydroxylation is 1. The van der Waals surface area contributed by atoms with Crippen LogP contribution in [0.15, 0.2) is 24.3 Å². The molecule has 2 amide bonds. The molecule has 0 radical (unpaired) electrons. The number of amides is 2. The van der Waals surface area contributed by atoms with Crippen molar-refractivity contribution >= 4 is 38.7 Å². The summed E-state index contributed by atoms with van der Waals surface area (Å²) >= 11 is 0. The number of nitrogens with one attached hydrogen (secondary N) is 2. The maximum absolute atomic E-state index is 12.6. The third kappa shape index (κ3) is 5.58. The molecular formula is C23H32N6O4S. The van der Waals surface area contributed by atoms with Gasteiger partial charge in [-0.2, -0.15) is 5.10 Å². The third-order valence-corrected chi connectivity index (χ3v) is 8.11. The Labute approximate surface area is 200 Å². The number of piperazine rings is 1. The fourth-order valence-electron chi connectivity index (χ4n) is 4.85. The first-order valence-corrected chi connectivity index (χ1v) is 13.3. The molecule has 2 aliphatic heterocycles. The van der Waals surface area contributed by atoms with Gasteiger partial charge < -0.3 is 15.5 Å². The highest BCUT2D eigenvalue weighted by molar-refractivity contribution is 7.91. The molecule has 184 valence electrons. The second-order valence-electron chi connectivity index (χ2n) is 9.09. The van der Waals surface area contributed by atoms with Crippen LogP contribution in [0.3, 0.4) is 0 Å². The van der Waals surface area contributed by atoms with Gasteiger partial charge in [-0.25, -0.2) is 8.42 Å². The second kappa shape index (κ2) is 9.75. The van der Waals surface area contributed by atoms with E-state index in [1.165, 1.54) is 6.92 Å². The molecule has 1 aromatic heterocycles. The van der Waals surface area contributed by atoms with Crippen LogP contribution < -0.4 is 15.5 Å². The van der Waals surface area contributed by atoms with E-state index in [0.717, 1.165) is 43.3 Å². The van der Waals surface area contributed by atoms with E-state index in [0.29, 0.717) is 17.8 Å². The molecule has 34 heavy (non-hydrogen) atoms. The fraction of sp³-hybridized carbons (Fsp3) is 0.522. The standard InChI is InChI=1S/C23H32N6O4S/c1-16-23(17(2)29(26-16)21-7-12-34(32,33)15-21)28-10-8-27(9-11-28)14-22(31)25-20-6-4-5-19(13-20)24-18(3)30/h4-6,13,21H,7-12,14-15H2,1-3H3,(H,24,30)(H,25,31). The Hall–Kier alpha value is -2.92. The molecule has 1 unspecified atom stereocenters. The van der Waals surface area contributed by atoms with Crippen LogP contribution in [0.25, 0.3) is 0 Å².